The lowest BCUT2D eigenvalue weighted by atomic mass is 10.3. The predicted molar refractivity (Wildman–Crippen MR) is 83.7 cm³/mol. The van der Waals surface area contributed by atoms with Gasteiger partial charge in [-0.25, -0.2) is 4.98 Å². The monoisotopic (exact) mass is 308 g/mol. The Kier molecular flexibility index (Phi) is 3.62. The minimum absolute atomic E-state index is 0.0913. The number of aryl methyl sites for hydroxylation is 1. The van der Waals surface area contributed by atoms with Crippen LogP contribution in [0.1, 0.15) is 14.5 Å². The SMILES string of the molecule is Cc1sc(C(=O)N2CCN(c3nccs3)CC2)cc1N. The molecule has 7 heteroatoms. The summed E-state index contributed by atoms with van der Waals surface area (Å²) in [6.07, 6.45) is 1.81. The number of nitrogen functional groups attached to an aromatic ring is 1. The molecule has 2 aromatic heterocycles. The van der Waals surface area contributed by atoms with E-state index in [4.69, 9.17) is 5.73 Å². The Bertz CT molecular complexity index is 580. The van der Waals surface area contributed by atoms with E-state index in [-0.39, 0.29) is 5.91 Å². The fourth-order valence-electron chi connectivity index (χ4n) is 2.23. The van der Waals surface area contributed by atoms with Crippen LogP contribution in [-0.2, 0) is 0 Å². The van der Waals surface area contributed by atoms with Crippen LogP contribution >= 0.6 is 22.7 Å². The van der Waals surface area contributed by atoms with Gasteiger partial charge in [-0.3, -0.25) is 4.79 Å². The molecule has 0 unspecified atom stereocenters. The van der Waals surface area contributed by atoms with E-state index >= 15 is 0 Å². The minimum Gasteiger partial charge on any atom is -0.398 e. The fraction of sp³-hybridized carbons (Fsp3) is 0.385. The summed E-state index contributed by atoms with van der Waals surface area (Å²) < 4.78 is 0. The van der Waals surface area contributed by atoms with E-state index < -0.39 is 0 Å². The summed E-state index contributed by atoms with van der Waals surface area (Å²) in [5.41, 5.74) is 6.53. The van der Waals surface area contributed by atoms with Crippen LogP contribution in [0.4, 0.5) is 10.8 Å². The first-order valence-electron chi connectivity index (χ1n) is 6.45. The number of rotatable bonds is 2. The van der Waals surface area contributed by atoms with Crippen molar-refractivity contribution in [2.45, 2.75) is 6.92 Å². The molecular formula is C13H16N4OS2. The number of carbonyl (C=O) groups is 1. The summed E-state index contributed by atoms with van der Waals surface area (Å²) in [7, 11) is 0. The number of piperazine rings is 1. The van der Waals surface area contributed by atoms with E-state index in [1.807, 2.05) is 23.4 Å². The lowest BCUT2D eigenvalue weighted by Gasteiger charge is -2.34. The van der Waals surface area contributed by atoms with Crippen molar-refractivity contribution in [2.75, 3.05) is 36.8 Å². The maximum absolute atomic E-state index is 12.4. The average Bonchev–Trinajstić information content (AvgIpc) is 3.09. The molecule has 3 heterocycles. The molecular weight excluding hydrogens is 292 g/mol. The standard InChI is InChI=1S/C13H16N4OS2/c1-9-10(14)8-11(20-9)12(18)16-3-5-17(6-4-16)13-15-2-7-19-13/h2,7-8H,3-6,14H2,1H3. The number of anilines is 2. The fourth-order valence-corrected chi connectivity index (χ4v) is 3.84. The second kappa shape index (κ2) is 5.41. The molecule has 106 valence electrons. The Morgan fingerprint density at radius 2 is 2.10 bits per heavy atom. The van der Waals surface area contributed by atoms with E-state index in [0.29, 0.717) is 5.69 Å². The number of aromatic nitrogens is 1. The second-order valence-electron chi connectivity index (χ2n) is 4.72. The number of nitrogens with two attached hydrogens (primary N) is 1. The van der Waals surface area contributed by atoms with Crippen molar-refractivity contribution in [3.63, 3.8) is 0 Å². The third kappa shape index (κ3) is 2.51. The van der Waals surface area contributed by atoms with Gasteiger partial charge in [-0.2, -0.15) is 0 Å². The number of amides is 1. The molecule has 1 saturated heterocycles. The molecule has 5 nitrogen and oxygen atoms in total. The lowest BCUT2D eigenvalue weighted by molar-refractivity contribution is 0.0751. The molecule has 0 radical (unpaired) electrons. The highest BCUT2D eigenvalue weighted by molar-refractivity contribution is 7.14. The van der Waals surface area contributed by atoms with Crippen LogP contribution < -0.4 is 10.6 Å². The summed E-state index contributed by atoms with van der Waals surface area (Å²) >= 11 is 3.11. The smallest absolute Gasteiger partial charge is 0.264 e. The predicted octanol–water partition coefficient (Wildman–Crippen LogP) is 2.06. The Morgan fingerprint density at radius 3 is 2.65 bits per heavy atom. The number of nitrogens with zero attached hydrogens (tertiary/aromatic N) is 3. The molecule has 0 saturated carbocycles. The highest BCUT2D eigenvalue weighted by Gasteiger charge is 2.24. The quantitative estimate of drug-likeness (QED) is 0.922. The first kappa shape index (κ1) is 13.4. The van der Waals surface area contributed by atoms with Crippen molar-refractivity contribution in [3.05, 3.63) is 27.4 Å². The highest BCUT2D eigenvalue weighted by Crippen LogP contribution is 2.25. The van der Waals surface area contributed by atoms with Crippen molar-refractivity contribution < 1.29 is 4.79 Å². The van der Waals surface area contributed by atoms with Crippen LogP contribution in [-0.4, -0.2) is 42.0 Å². The van der Waals surface area contributed by atoms with E-state index in [0.717, 1.165) is 41.1 Å². The molecule has 0 atom stereocenters. The van der Waals surface area contributed by atoms with Crippen LogP contribution in [0.25, 0.3) is 0 Å². The van der Waals surface area contributed by atoms with Crippen molar-refractivity contribution >= 4 is 39.4 Å². The third-order valence-electron chi connectivity index (χ3n) is 3.42. The second-order valence-corrected chi connectivity index (χ2v) is 6.85. The molecule has 1 amide bonds. The molecule has 1 fully saturated rings. The van der Waals surface area contributed by atoms with E-state index in [1.165, 1.54) is 11.3 Å². The van der Waals surface area contributed by atoms with Crippen molar-refractivity contribution in [1.29, 1.82) is 0 Å². The van der Waals surface area contributed by atoms with Gasteiger partial charge in [0.2, 0.25) is 0 Å². The van der Waals surface area contributed by atoms with E-state index in [2.05, 4.69) is 9.88 Å². The normalized spacial score (nSPS) is 15.7. The van der Waals surface area contributed by atoms with Gasteiger partial charge in [-0.05, 0) is 13.0 Å². The molecule has 3 rings (SSSR count). The zero-order valence-electron chi connectivity index (χ0n) is 11.2. The van der Waals surface area contributed by atoms with Gasteiger partial charge in [-0.15, -0.1) is 22.7 Å². The molecule has 1 aliphatic rings. The van der Waals surface area contributed by atoms with Gasteiger partial charge in [0.25, 0.3) is 5.91 Å². The van der Waals surface area contributed by atoms with Gasteiger partial charge in [0.15, 0.2) is 5.13 Å². The third-order valence-corrected chi connectivity index (χ3v) is 5.31. The minimum atomic E-state index is 0.0913. The zero-order valence-corrected chi connectivity index (χ0v) is 12.8. The van der Waals surface area contributed by atoms with Crippen LogP contribution in [0, 0.1) is 6.92 Å². The van der Waals surface area contributed by atoms with Gasteiger partial charge < -0.3 is 15.5 Å². The summed E-state index contributed by atoms with van der Waals surface area (Å²) in [6, 6.07) is 1.79. The molecule has 0 aromatic carbocycles. The van der Waals surface area contributed by atoms with Crippen molar-refractivity contribution in [2.24, 2.45) is 0 Å². The van der Waals surface area contributed by atoms with Crippen LogP contribution in [0.3, 0.4) is 0 Å². The molecule has 2 N–H and O–H groups in total. The number of carbonyl (C=O) groups excluding carboxylic acids is 1. The average molecular weight is 308 g/mol. The summed E-state index contributed by atoms with van der Waals surface area (Å²) in [6.45, 7) is 5.07. The van der Waals surface area contributed by atoms with Gasteiger partial charge >= 0.3 is 0 Å². The highest BCUT2D eigenvalue weighted by atomic mass is 32.1. The number of hydrogen-bond acceptors (Lipinski definition) is 6. The van der Waals surface area contributed by atoms with Crippen molar-refractivity contribution in [3.8, 4) is 0 Å². The topological polar surface area (TPSA) is 62.5 Å². The largest absolute Gasteiger partial charge is 0.398 e. The van der Waals surface area contributed by atoms with Gasteiger partial charge in [0.1, 0.15) is 0 Å². The summed E-state index contributed by atoms with van der Waals surface area (Å²) in [4.78, 5) is 22.6. The Labute approximate surface area is 125 Å². The number of hydrogen-bond donors (Lipinski definition) is 1. The Hall–Kier alpha value is -1.60. The molecule has 2 aromatic rings. The Morgan fingerprint density at radius 1 is 1.35 bits per heavy atom. The zero-order chi connectivity index (χ0) is 14.1. The van der Waals surface area contributed by atoms with Gasteiger partial charge in [-0.1, -0.05) is 0 Å². The van der Waals surface area contributed by atoms with Crippen LogP contribution in [0.2, 0.25) is 0 Å². The molecule has 0 bridgehead atoms. The van der Waals surface area contributed by atoms with E-state index in [9.17, 15) is 4.79 Å². The van der Waals surface area contributed by atoms with Gasteiger partial charge in [0.05, 0.1) is 4.88 Å². The first-order chi connectivity index (χ1) is 9.65. The number of thiazole rings is 1. The molecule has 0 aliphatic carbocycles. The van der Waals surface area contributed by atoms with Gasteiger partial charge in [0, 0.05) is 48.3 Å². The molecule has 1 aliphatic heterocycles. The first-order valence-corrected chi connectivity index (χ1v) is 8.14. The Balaban J connectivity index is 1.64. The van der Waals surface area contributed by atoms with E-state index in [1.54, 1.807) is 17.4 Å². The molecule has 0 spiro atoms. The van der Waals surface area contributed by atoms with Crippen LogP contribution in [0.5, 0.6) is 0 Å². The maximum atomic E-state index is 12.4. The maximum Gasteiger partial charge on any atom is 0.264 e. The van der Waals surface area contributed by atoms with Crippen LogP contribution in [0.15, 0.2) is 17.6 Å². The lowest BCUT2D eigenvalue weighted by Crippen LogP contribution is -2.48. The number of thiophene rings is 1. The summed E-state index contributed by atoms with van der Waals surface area (Å²) in [5.74, 6) is 0.0913. The summed E-state index contributed by atoms with van der Waals surface area (Å²) in [5, 5.41) is 3.01. The molecule has 20 heavy (non-hydrogen) atoms. The van der Waals surface area contributed by atoms with Crippen molar-refractivity contribution in [1.82, 2.24) is 9.88 Å².